The maximum atomic E-state index is 11.3. The lowest BCUT2D eigenvalue weighted by Crippen LogP contribution is -1.98. The molecule has 0 saturated heterocycles. The molecule has 3 rings (SSSR count). The molecule has 0 aliphatic carbocycles. The number of pyridine rings is 1. The summed E-state index contributed by atoms with van der Waals surface area (Å²) in [5.74, 6) is 0.0701. The van der Waals surface area contributed by atoms with Crippen LogP contribution in [0.2, 0.25) is 5.02 Å². The summed E-state index contributed by atoms with van der Waals surface area (Å²) in [6, 6.07) is 16.8. The number of hydrogen-bond donors (Lipinski definition) is 1. The number of Topliss-reactive ketones (excluding diaryl/α,β-unsaturated/α-hetero) is 1. The fraction of sp³-hybridized carbons (Fsp3) is 0.111. The fourth-order valence-corrected chi connectivity index (χ4v) is 2.27. The Morgan fingerprint density at radius 1 is 1.09 bits per heavy atom. The summed E-state index contributed by atoms with van der Waals surface area (Å²) < 4.78 is 0. The van der Waals surface area contributed by atoms with Crippen molar-refractivity contribution in [1.29, 1.82) is 0 Å². The van der Waals surface area contributed by atoms with Gasteiger partial charge in [0.2, 0.25) is 0 Å². The minimum Gasteiger partial charge on any atom is -0.399 e. The molecule has 1 aromatic heterocycles. The average Bonchev–Trinajstić information content (AvgIpc) is 2.46. The van der Waals surface area contributed by atoms with Crippen LogP contribution in [0.25, 0.3) is 10.9 Å². The van der Waals surface area contributed by atoms with Crippen LogP contribution in [0.5, 0.6) is 0 Å². The predicted octanol–water partition coefficient (Wildman–Crippen LogP) is 4.67. The van der Waals surface area contributed by atoms with Gasteiger partial charge in [0.05, 0.1) is 5.52 Å². The number of fused-ring (bicyclic) bond motifs is 1. The number of carbonyl (C=O) groups excluding carboxylic acids is 1. The van der Waals surface area contributed by atoms with Crippen LogP contribution in [0, 0.1) is 6.92 Å². The van der Waals surface area contributed by atoms with E-state index in [-0.39, 0.29) is 5.78 Å². The van der Waals surface area contributed by atoms with Crippen LogP contribution >= 0.6 is 11.6 Å². The van der Waals surface area contributed by atoms with Crippen molar-refractivity contribution in [2.75, 3.05) is 5.73 Å². The highest BCUT2D eigenvalue weighted by atomic mass is 35.5. The van der Waals surface area contributed by atoms with E-state index in [1.807, 2.05) is 43.3 Å². The van der Waals surface area contributed by atoms with Gasteiger partial charge in [-0.1, -0.05) is 35.9 Å². The van der Waals surface area contributed by atoms with E-state index >= 15 is 0 Å². The lowest BCUT2D eigenvalue weighted by molar-refractivity contribution is 0.101. The van der Waals surface area contributed by atoms with Gasteiger partial charge in [-0.25, -0.2) is 0 Å². The van der Waals surface area contributed by atoms with E-state index in [1.54, 1.807) is 25.1 Å². The SMILES string of the molecule is CC(=O)c1cc2ccccc2nc1C.Nc1cccc(Cl)c1. The van der Waals surface area contributed by atoms with Gasteiger partial charge in [0.1, 0.15) is 0 Å². The van der Waals surface area contributed by atoms with Crippen molar-refractivity contribution in [3.63, 3.8) is 0 Å². The van der Waals surface area contributed by atoms with Crippen molar-refractivity contribution < 1.29 is 4.79 Å². The zero-order valence-electron chi connectivity index (χ0n) is 12.5. The Morgan fingerprint density at radius 2 is 1.82 bits per heavy atom. The predicted molar refractivity (Wildman–Crippen MR) is 92.3 cm³/mol. The number of nitrogens with two attached hydrogens (primary N) is 1. The topological polar surface area (TPSA) is 56.0 Å². The Balaban J connectivity index is 0.000000188. The summed E-state index contributed by atoms with van der Waals surface area (Å²) in [7, 11) is 0. The highest BCUT2D eigenvalue weighted by Gasteiger charge is 2.06. The molecule has 0 fully saturated rings. The van der Waals surface area contributed by atoms with Crippen molar-refractivity contribution in [2.45, 2.75) is 13.8 Å². The normalized spacial score (nSPS) is 9.95. The number of benzene rings is 2. The summed E-state index contributed by atoms with van der Waals surface area (Å²) in [6.07, 6.45) is 0. The highest BCUT2D eigenvalue weighted by molar-refractivity contribution is 6.30. The third-order valence-electron chi connectivity index (χ3n) is 3.14. The zero-order valence-corrected chi connectivity index (χ0v) is 13.3. The molecule has 0 aliphatic heterocycles. The van der Waals surface area contributed by atoms with Crippen molar-refractivity contribution in [3.05, 3.63) is 70.9 Å². The number of nitrogen functional groups attached to an aromatic ring is 1. The fourth-order valence-electron chi connectivity index (χ4n) is 2.08. The van der Waals surface area contributed by atoms with Gasteiger partial charge in [0.15, 0.2) is 5.78 Å². The lowest BCUT2D eigenvalue weighted by atomic mass is 10.1. The molecule has 22 heavy (non-hydrogen) atoms. The van der Waals surface area contributed by atoms with Crippen molar-refractivity contribution in [3.8, 4) is 0 Å². The zero-order chi connectivity index (χ0) is 16.1. The van der Waals surface area contributed by atoms with E-state index in [4.69, 9.17) is 17.3 Å². The van der Waals surface area contributed by atoms with Gasteiger partial charge in [-0.3, -0.25) is 9.78 Å². The first kappa shape index (κ1) is 16.0. The molecule has 0 radical (unpaired) electrons. The average molecular weight is 313 g/mol. The second-order valence-corrected chi connectivity index (χ2v) is 5.36. The molecule has 0 spiro atoms. The van der Waals surface area contributed by atoms with Gasteiger partial charge in [-0.15, -0.1) is 0 Å². The number of hydrogen-bond acceptors (Lipinski definition) is 3. The molecular weight excluding hydrogens is 296 g/mol. The quantitative estimate of drug-likeness (QED) is 0.525. The van der Waals surface area contributed by atoms with Crippen LogP contribution in [0.3, 0.4) is 0 Å². The second-order valence-electron chi connectivity index (χ2n) is 4.93. The van der Waals surface area contributed by atoms with Gasteiger partial charge in [0.25, 0.3) is 0 Å². The molecule has 1 heterocycles. The van der Waals surface area contributed by atoms with Gasteiger partial charge in [0, 0.05) is 27.4 Å². The van der Waals surface area contributed by atoms with Crippen LogP contribution in [-0.4, -0.2) is 10.8 Å². The van der Waals surface area contributed by atoms with E-state index in [0.717, 1.165) is 16.6 Å². The summed E-state index contributed by atoms with van der Waals surface area (Å²) in [6.45, 7) is 3.43. The van der Waals surface area contributed by atoms with Crippen molar-refractivity contribution in [2.24, 2.45) is 0 Å². The number of nitrogens with zero attached hydrogens (tertiary/aromatic N) is 1. The summed E-state index contributed by atoms with van der Waals surface area (Å²) in [5.41, 5.74) is 8.53. The molecule has 0 bridgehead atoms. The third kappa shape index (κ3) is 4.06. The lowest BCUT2D eigenvalue weighted by Gasteiger charge is -2.03. The van der Waals surface area contributed by atoms with Crippen molar-refractivity contribution >= 4 is 34.0 Å². The second kappa shape index (κ2) is 7.05. The largest absolute Gasteiger partial charge is 0.399 e. The highest BCUT2D eigenvalue weighted by Crippen LogP contribution is 2.16. The molecule has 0 saturated carbocycles. The number of ketones is 1. The molecule has 3 aromatic rings. The van der Waals surface area contributed by atoms with Gasteiger partial charge >= 0.3 is 0 Å². The van der Waals surface area contributed by atoms with Crippen LogP contribution in [0.4, 0.5) is 5.69 Å². The smallest absolute Gasteiger partial charge is 0.161 e. The summed E-state index contributed by atoms with van der Waals surface area (Å²) in [4.78, 5) is 15.6. The molecule has 112 valence electrons. The van der Waals surface area contributed by atoms with Gasteiger partial charge in [-0.05, 0) is 44.2 Å². The molecule has 2 N–H and O–H groups in total. The van der Waals surface area contributed by atoms with Crippen LogP contribution in [0.15, 0.2) is 54.6 Å². The van der Waals surface area contributed by atoms with E-state index in [9.17, 15) is 4.79 Å². The van der Waals surface area contributed by atoms with Gasteiger partial charge in [-0.2, -0.15) is 0 Å². The molecule has 2 aromatic carbocycles. The Hall–Kier alpha value is -2.39. The Morgan fingerprint density at radius 3 is 2.41 bits per heavy atom. The number of para-hydroxylation sites is 1. The van der Waals surface area contributed by atoms with Crippen LogP contribution in [0.1, 0.15) is 23.0 Å². The van der Waals surface area contributed by atoms with Crippen LogP contribution in [-0.2, 0) is 0 Å². The maximum Gasteiger partial charge on any atom is 0.161 e. The molecule has 0 unspecified atom stereocenters. The molecular formula is C18H17ClN2O. The minimum absolute atomic E-state index is 0.0701. The number of carbonyl (C=O) groups is 1. The van der Waals surface area contributed by atoms with Crippen molar-refractivity contribution in [1.82, 2.24) is 4.98 Å². The van der Waals surface area contributed by atoms with E-state index < -0.39 is 0 Å². The number of anilines is 1. The first-order valence-corrected chi connectivity index (χ1v) is 7.23. The Bertz CT molecular complexity index is 798. The summed E-state index contributed by atoms with van der Waals surface area (Å²) in [5, 5.41) is 1.70. The summed E-state index contributed by atoms with van der Waals surface area (Å²) >= 11 is 5.56. The van der Waals surface area contributed by atoms with E-state index in [2.05, 4.69) is 4.98 Å². The first-order chi connectivity index (χ1) is 10.5. The maximum absolute atomic E-state index is 11.3. The number of rotatable bonds is 1. The minimum atomic E-state index is 0.0701. The monoisotopic (exact) mass is 312 g/mol. The standard InChI is InChI=1S/C12H11NO.C6H6ClN/c1-8-11(9(2)14)7-10-5-3-4-6-12(10)13-8;7-5-2-1-3-6(8)4-5/h3-7H,1-2H3;1-4H,8H2. The Labute approximate surface area is 134 Å². The third-order valence-corrected chi connectivity index (χ3v) is 3.38. The van der Waals surface area contributed by atoms with E-state index in [0.29, 0.717) is 16.3 Å². The molecule has 4 heteroatoms. The Kier molecular flexibility index (Phi) is 5.12. The molecule has 0 amide bonds. The van der Waals surface area contributed by atoms with Crippen LogP contribution < -0.4 is 5.73 Å². The molecule has 3 nitrogen and oxygen atoms in total. The van der Waals surface area contributed by atoms with Gasteiger partial charge < -0.3 is 5.73 Å². The molecule has 0 atom stereocenters. The number of aromatic nitrogens is 1. The number of halogens is 1. The first-order valence-electron chi connectivity index (χ1n) is 6.86. The van der Waals surface area contributed by atoms with E-state index in [1.165, 1.54) is 0 Å². The molecule has 0 aliphatic rings. The number of aryl methyl sites for hydroxylation is 1.